The smallest absolute Gasteiger partial charge is 0.328 e. The van der Waals surface area contributed by atoms with Gasteiger partial charge in [-0.05, 0) is 31.2 Å². The lowest BCUT2D eigenvalue weighted by Crippen LogP contribution is -2.34. The lowest BCUT2D eigenvalue weighted by molar-refractivity contribution is -0.131. The lowest BCUT2D eigenvalue weighted by atomic mass is 10.1. The Kier molecular flexibility index (Phi) is 6.46. The van der Waals surface area contributed by atoms with Crippen molar-refractivity contribution in [2.75, 3.05) is 20.1 Å². The highest BCUT2D eigenvalue weighted by Gasteiger charge is 2.07. The Morgan fingerprint density at radius 1 is 1.35 bits per heavy atom. The molecule has 0 fully saturated rings. The molecule has 2 N–H and O–H groups in total. The molecule has 20 heavy (non-hydrogen) atoms. The first-order valence-electron chi connectivity index (χ1n) is 6.47. The summed E-state index contributed by atoms with van der Waals surface area (Å²) in [5.74, 6) is -0.996. The minimum atomic E-state index is -0.976. The normalized spacial score (nSPS) is 10.9. The highest BCUT2D eigenvalue weighted by Crippen LogP contribution is 2.12. The van der Waals surface area contributed by atoms with Gasteiger partial charge in [0.25, 0.3) is 0 Å². The van der Waals surface area contributed by atoms with Crippen LogP contribution in [0, 0.1) is 0 Å². The average Bonchev–Trinajstić information content (AvgIpc) is 2.37. The van der Waals surface area contributed by atoms with Gasteiger partial charge in [-0.25, -0.2) is 4.79 Å². The van der Waals surface area contributed by atoms with Crippen LogP contribution in [0.5, 0.6) is 0 Å². The molecule has 5 heteroatoms. The minimum absolute atomic E-state index is 0.0199. The molecular formula is C15H20N2O3. The maximum atomic E-state index is 11.5. The molecule has 0 radical (unpaired) electrons. The molecular weight excluding hydrogens is 256 g/mol. The van der Waals surface area contributed by atoms with Crippen LogP contribution >= 0.6 is 0 Å². The third kappa shape index (κ3) is 5.67. The number of carboxylic acids is 1. The lowest BCUT2D eigenvalue weighted by Gasteiger charge is -2.17. The van der Waals surface area contributed by atoms with E-state index in [0.29, 0.717) is 19.6 Å². The van der Waals surface area contributed by atoms with Crippen molar-refractivity contribution in [1.82, 2.24) is 10.2 Å². The summed E-state index contributed by atoms with van der Waals surface area (Å²) in [6, 6.07) is 7.53. The highest BCUT2D eigenvalue weighted by molar-refractivity contribution is 5.85. The third-order valence-corrected chi connectivity index (χ3v) is 2.69. The molecule has 1 rings (SSSR count). The number of nitrogens with one attached hydrogen (secondary N) is 1. The van der Waals surface area contributed by atoms with Gasteiger partial charge < -0.3 is 10.4 Å². The standard InChI is InChI=1S/C15H20N2O3/c1-3-16-14(18)11-17(2)10-13-7-5-4-6-12(13)8-9-15(19)20/h4-9H,3,10-11H2,1-2H3,(H,16,18)(H,19,20). The Bertz CT molecular complexity index is 498. The van der Waals surface area contributed by atoms with Gasteiger partial charge in [-0.1, -0.05) is 24.3 Å². The zero-order valence-electron chi connectivity index (χ0n) is 11.8. The van der Waals surface area contributed by atoms with Crippen molar-refractivity contribution < 1.29 is 14.7 Å². The van der Waals surface area contributed by atoms with E-state index in [1.165, 1.54) is 0 Å². The molecule has 0 unspecified atom stereocenters. The van der Waals surface area contributed by atoms with Crippen LogP contribution < -0.4 is 5.32 Å². The van der Waals surface area contributed by atoms with E-state index >= 15 is 0 Å². The fraction of sp³-hybridized carbons (Fsp3) is 0.333. The first-order chi connectivity index (χ1) is 9.52. The van der Waals surface area contributed by atoms with Gasteiger partial charge in [-0.3, -0.25) is 9.69 Å². The first-order valence-corrected chi connectivity index (χ1v) is 6.47. The summed E-state index contributed by atoms with van der Waals surface area (Å²) >= 11 is 0. The van der Waals surface area contributed by atoms with E-state index in [1.807, 2.05) is 43.1 Å². The van der Waals surface area contributed by atoms with E-state index in [4.69, 9.17) is 5.11 Å². The SMILES string of the molecule is CCNC(=O)CN(C)Cc1ccccc1C=CC(=O)O. The van der Waals surface area contributed by atoms with Gasteiger partial charge in [-0.2, -0.15) is 0 Å². The third-order valence-electron chi connectivity index (χ3n) is 2.69. The maximum Gasteiger partial charge on any atom is 0.328 e. The molecule has 5 nitrogen and oxygen atoms in total. The Hall–Kier alpha value is -2.14. The number of amides is 1. The number of rotatable bonds is 7. The molecule has 0 saturated heterocycles. The van der Waals surface area contributed by atoms with Gasteiger partial charge in [0, 0.05) is 19.2 Å². The van der Waals surface area contributed by atoms with Crippen LogP contribution in [-0.2, 0) is 16.1 Å². The van der Waals surface area contributed by atoms with Crippen molar-refractivity contribution in [3.05, 3.63) is 41.5 Å². The Morgan fingerprint density at radius 2 is 2.05 bits per heavy atom. The summed E-state index contributed by atoms with van der Waals surface area (Å²) in [5.41, 5.74) is 1.83. The van der Waals surface area contributed by atoms with Crippen LogP contribution in [0.15, 0.2) is 30.3 Å². The van der Waals surface area contributed by atoms with Crippen LogP contribution in [0.25, 0.3) is 6.08 Å². The fourth-order valence-electron chi connectivity index (χ4n) is 1.85. The van der Waals surface area contributed by atoms with E-state index in [1.54, 1.807) is 6.08 Å². The quantitative estimate of drug-likeness (QED) is 0.738. The van der Waals surface area contributed by atoms with Gasteiger partial charge in [-0.15, -0.1) is 0 Å². The summed E-state index contributed by atoms with van der Waals surface area (Å²) < 4.78 is 0. The second-order valence-corrected chi connectivity index (χ2v) is 4.50. The topological polar surface area (TPSA) is 69.6 Å². The predicted octanol–water partition coefficient (Wildman–Crippen LogP) is 1.35. The monoisotopic (exact) mass is 276 g/mol. The van der Waals surface area contributed by atoms with E-state index in [2.05, 4.69) is 5.32 Å². The molecule has 0 saturated carbocycles. The average molecular weight is 276 g/mol. The molecule has 0 bridgehead atoms. The van der Waals surface area contributed by atoms with Crippen LogP contribution in [0.1, 0.15) is 18.1 Å². The Labute approximate surface area is 118 Å². The van der Waals surface area contributed by atoms with Crippen molar-refractivity contribution in [2.45, 2.75) is 13.5 Å². The number of benzene rings is 1. The largest absolute Gasteiger partial charge is 0.478 e. The maximum absolute atomic E-state index is 11.5. The summed E-state index contributed by atoms with van der Waals surface area (Å²) in [6.45, 7) is 3.39. The van der Waals surface area contributed by atoms with Crippen molar-refractivity contribution in [3.63, 3.8) is 0 Å². The van der Waals surface area contributed by atoms with Crippen molar-refractivity contribution in [1.29, 1.82) is 0 Å². The molecule has 0 heterocycles. The molecule has 0 aliphatic carbocycles. The number of hydrogen-bond donors (Lipinski definition) is 2. The van der Waals surface area contributed by atoms with Crippen LogP contribution in [-0.4, -0.2) is 42.0 Å². The molecule has 0 spiro atoms. The Morgan fingerprint density at radius 3 is 2.70 bits per heavy atom. The molecule has 108 valence electrons. The van der Waals surface area contributed by atoms with Crippen molar-refractivity contribution in [3.8, 4) is 0 Å². The number of carboxylic acid groups (broad SMARTS) is 1. The molecule has 0 atom stereocenters. The number of hydrogen-bond acceptors (Lipinski definition) is 3. The van der Waals surface area contributed by atoms with Gasteiger partial charge in [0.15, 0.2) is 0 Å². The molecule has 0 aliphatic rings. The number of nitrogens with zero attached hydrogens (tertiary/aromatic N) is 1. The number of carbonyl (C=O) groups is 2. The summed E-state index contributed by atoms with van der Waals surface area (Å²) in [7, 11) is 1.85. The van der Waals surface area contributed by atoms with E-state index < -0.39 is 5.97 Å². The number of aliphatic carboxylic acids is 1. The molecule has 1 aromatic carbocycles. The molecule has 1 amide bonds. The van der Waals surface area contributed by atoms with E-state index in [-0.39, 0.29) is 5.91 Å². The zero-order valence-corrected chi connectivity index (χ0v) is 11.8. The van der Waals surface area contributed by atoms with Crippen molar-refractivity contribution >= 4 is 18.0 Å². The Balaban J connectivity index is 2.71. The van der Waals surface area contributed by atoms with E-state index in [0.717, 1.165) is 17.2 Å². The van der Waals surface area contributed by atoms with Crippen molar-refractivity contribution in [2.24, 2.45) is 0 Å². The summed E-state index contributed by atoms with van der Waals surface area (Å²) in [5, 5.41) is 11.4. The van der Waals surface area contributed by atoms with Gasteiger partial charge >= 0.3 is 5.97 Å². The second kappa shape index (κ2) is 8.12. The van der Waals surface area contributed by atoms with Crippen LogP contribution in [0.2, 0.25) is 0 Å². The van der Waals surface area contributed by atoms with Crippen LogP contribution in [0.4, 0.5) is 0 Å². The zero-order chi connectivity index (χ0) is 15.0. The highest BCUT2D eigenvalue weighted by atomic mass is 16.4. The van der Waals surface area contributed by atoms with Gasteiger partial charge in [0.05, 0.1) is 6.54 Å². The minimum Gasteiger partial charge on any atom is -0.478 e. The molecule has 1 aromatic rings. The summed E-state index contributed by atoms with van der Waals surface area (Å²) in [6.07, 6.45) is 2.68. The number of likely N-dealkylation sites (N-methyl/N-ethyl adjacent to an activating group) is 2. The fourth-order valence-corrected chi connectivity index (χ4v) is 1.85. The van der Waals surface area contributed by atoms with Gasteiger partial charge in [0.1, 0.15) is 0 Å². The van der Waals surface area contributed by atoms with Crippen LogP contribution in [0.3, 0.4) is 0 Å². The molecule has 0 aliphatic heterocycles. The second-order valence-electron chi connectivity index (χ2n) is 4.50. The summed E-state index contributed by atoms with van der Waals surface area (Å²) in [4.78, 5) is 24.0. The first kappa shape index (κ1) is 15.9. The number of carbonyl (C=O) groups excluding carboxylic acids is 1. The van der Waals surface area contributed by atoms with E-state index in [9.17, 15) is 9.59 Å². The van der Waals surface area contributed by atoms with Gasteiger partial charge in [0.2, 0.25) is 5.91 Å². The predicted molar refractivity (Wildman–Crippen MR) is 78.1 cm³/mol. The molecule has 0 aromatic heterocycles.